The molecule has 0 aliphatic heterocycles. The first-order chi connectivity index (χ1) is 6.49. The standard InChI is InChI=1S/C11H19N3/c1-8-7-13-14(10(8)12)9-4-5-11(2,3)6-9/h7,9H,4-6,12H2,1-3H3. The maximum absolute atomic E-state index is 5.97. The SMILES string of the molecule is Cc1cnn(C2CCC(C)(C)C2)c1N. The summed E-state index contributed by atoms with van der Waals surface area (Å²) >= 11 is 0. The van der Waals surface area contributed by atoms with Crippen LogP contribution in [0.4, 0.5) is 5.82 Å². The van der Waals surface area contributed by atoms with Crippen molar-refractivity contribution in [2.45, 2.75) is 46.1 Å². The number of hydrogen-bond donors (Lipinski definition) is 1. The highest BCUT2D eigenvalue weighted by Crippen LogP contribution is 2.43. The minimum atomic E-state index is 0.455. The van der Waals surface area contributed by atoms with Gasteiger partial charge in [0.1, 0.15) is 5.82 Å². The van der Waals surface area contributed by atoms with Crippen molar-refractivity contribution < 1.29 is 0 Å². The Morgan fingerprint density at radius 3 is 2.71 bits per heavy atom. The zero-order valence-electron chi connectivity index (χ0n) is 9.25. The van der Waals surface area contributed by atoms with Crippen molar-refractivity contribution in [3.63, 3.8) is 0 Å². The molecule has 0 amide bonds. The highest BCUT2D eigenvalue weighted by atomic mass is 15.3. The van der Waals surface area contributed by atoms with E-state index in [9.17, 15) is 0 Å². The van der Waals surface area contributed by atoms with Crippen LogP contribution in [0.25, 0.3) is 0 Å². The Hall–Kier alpha value is -0.990. The van der Waals surface area contributed by atoms with Crippen molar-refractivity contribution in [3.8, 4) is 0 Å². The lowest BCUT2D eigenvalue weighted by molar-refractivity contribution is 0.351. The van der Waals surface area contributed by atoms with Crippen molar-refractivity contribution in [1.29, 1.82) is 0 Å². The molecule has 0 saturated heterocycles. The molecule has 0 bridgehead atoms. The van der Waals surface area contributed by atoms with Gasteiger partial charge in [-0.2, -0.15) is 5.10 Å². The fourth-order valence-corrected chi connectivity index (χ4v) is 2.36. The third-order valence-electron chi connectivity index (χ3n) is 3.32. The fourth-order valence-electron chi connectivity index (χ4n) is 2.36. The molecular weight excluding hydrogens is 174 g/mol. The van der Waals surface area contributed by atoms with E-state index in [0.717, 1.165) is 11.4 Å². The summed E-state index contributed by atoms with van der Waals surface area (Å²) in [5.74, 6) is 0.840. The van der Waals surface area contributed by atoms with Gasteiger partial charge in [0.15, 0.2) is 0 Å². The summed E-state index contributed by atoms with van der Waals surface area (Å²) in [7, 11) is 0. The van der Waals surface area contributed by atoms with Gasteiger partial charge < -0.3 is 5.73 Å². The van der Waals surface area contributed by atoms with E-state index in [1.54, 1.807) is 0 Å². The summed E-state index contributed by atoms with van der Waals surface area (Å²) in [5, 5.41) is 4.35. The summed E-state index contributed by atoms with van der Waals surface area (Å²) in [4.78, 5) is 0. The molecule has 1 aromatic rings. The van der Waals surface area contributed by atoms with Crippen LogP contribution in [0.5, 0.6) is 0 Å². The molecule has 1 atom stereocenters. The lowest BCUT2D eigenvalue weighted by Crippen LogP contribution is -2.12. The minimum absolute atomic E-state index is 0.455. The quantitative estimate of drug-likeness (QED) is 0.744. The fraction of sp³-hybridized carbons (Fsp3) is 0.727. The number of anilines is 1. The Morgan fingerprint density at radius 1 is 1.57 bits per heavy atom. The van der Waals surface area contributed by atoms with E-state index in [1.807, 2.05) is 17.8 Å². The number of nitrogens with two attached hydrogens (primary N) is 1. The second-order valence-electron chi connectivity index (χ2n) is 5.22. The largest absolute Gasteiger partial charge is 0.384 e. The van der Waals surface area contributed by atoms with Crippen molar-refractivity contribution in [1.82, 2.24) is 9.78 Å². The lowest BCUT2D eigenvalue weighted by Gasteiger charge is -2.17. The van der Waals surface area contributed by atoms with E-state index in [0.29, 0.717) is 11.5 Å². The predicted octanol–water partition coefficient (Wildman–Crippen LogP) is 2.52. The van der Waals surface area contributed by atoms with Gasteiger partial charge in [0.25, 0.3) is 0 Å². The van der Waals surface area contributed by atoms with Crippen LogP contribution in [0.15, 0.2) is 6.20 Å². The Labute approximate surface area is 85.3 Å². The van der Waals surface area contributed by atoms with Gasteiger partial charge in [-0.15, -0.1) is 0 Å². The van der Waals surface area contributed by atoms with E-state index in [2.05, 4.69) is 18.9 Å². The predicted molar refractivity (Wildman–Crippen MR) is 58.0 cm³/mol. The molecule has 0 spiro atoms. The first-order valence-corrected chi connectivity index (χ1v) is 5.29. The highest BCUT2D eigenvalue weighted by molar-refractivity contribution is 5.37. The second-order valence-corrected chi connectivity index (χ2v) is 5.22. The monoisotopic (exact) mass is 193 g/mol. The van der Waals surface area contributed by atoms with Gasteiger partial charge in [0.2, 0.25) is 0 Å². The normalized spacial score (nSPS) is 25.5. The molecule has 1 aliphatic carbocycles. The zero-order valence-corrected chi connectivity index (χ0v) is 9.25. The molecule has 1 aromatic heterocycles. The van der Waals surface area contributed by atoms with E-state index >= 15 is 0 Å². The average Bonchev–Trinajstić information content (AvgIpc) is 2.59. The molecule has 2 rings (SSSR count). The zero-order chi connectivity index (χ0) is 10.3. The smallest absolute Gasteiger partial charge is 0.124 e. The number of nitrogen functional groups attached to an aromatic ring is 1. The van der Waals surface area contributed by atoms with Gasteiger partial charge in [-0.3, -0.25) is 0 Å². The van der Waals surface area contributed by atoms with Gasteiger partial charge in [-0.25, -0.2) is 4.68 Å². The van der Waals surface area contributed by atoms with Crippen LogP contribution in [0.1, 0.15) is 44.7 Å². The van der Waals surface area contributed by atoms with Crippen molar-refractivity contribution >= 4 is 5.82 Å². The van der Waals surface area contributed by atoms with E-state index < -0.39 is 0 Å². The van der Waals surface area contributed by atoms with Gasteiger partial charge in [-0.05, 0) is 31.6 Å². The maximum atomic E-state index is 5.97. The van der Waals surface area contributed by atoms with Crippen LogP contribution in [0.2, 0.25) is 0 Å². The van der Waals surface area contributed by atoms with Crippen LogP contribution in [0.3, 0.4) is 0 Å². The van der Waals surface area contributed by atoms with E-state index in [-0.39, 0.29) is 0 Å². The van der Waals surface area contributed by atoms with Crippen molar-refractivity contribution in [3.05, 3.63) is 11.8 Å². The first-order valence-electron chi connectivity index (χ1n) is 5.29. The van der Waals surface area contributed by atoms with Crippen LogP contribution in [-0.2, 0) is 0 Å². The lowest BCUT2D eigenvalue weighted by atomic mass is 9.92. The van der Waals surface area contributed by atoms with E-state index in [4.69, 9.17) is 5.73 Å². The Kier molecular flexibility index (Phi) is 2.05. The molecular formula is C11H19N3. The van der Waals surface area contributed by atoms with Crippen LogP contribution >= 0.6 is 0 Å². The summed E-state index contributed by atoms with van der Waals surface area (Å²) in [6.45, 7) is 6.65. The van der Waals surface area contributed by atoms with Crippen LogP contribution < -0.4 is 5.73 Å². The number of aromatic nitrogens is 2. The third kappa shape index (κ3) is 1.51. The maximum Gasteiger partial charge on any atom is 0.124 e. The molecule has 78 valence electrons. The molecule has 1 unspecified atom stereocenters. The van der Waals surface area contributed by atoms with Gasteiger partial charge >= 0.3 is 0 Å². The summed E-state index contributed by atoms with van der Waals surface area (Å²) < 4.78 is 2.00. The molecule has 1 heterocycles. The van der Waals surface area contributed by atoms with Crippen molar-refractivity contribution in [2.24, 2.45) is 5.41 Å². The average molecular weight is 193 g/mol. The molecule has 0 radical (unpaired) electrons. The molecule has 2 N–H and O–H groups in total. The second kappa shape index (κ2) is 3.01. The molecule has 3 heteroatoms. The number of hydrogen-bond acceptors (Lipinski definition) is 2. The topological polar surface area (TPSA) is 43.8 Å². The Morgan fingerprint density at radius 2 is 2.29 bits per heavy atom. The van der Waals surface area contributed by atoms with Crippen LogP contribution in [0, 0.1) is 12.3 Å². The van der Waals surface area contributed by atoms with Gasteiger partial charge in [-0.1, -0.05) is 13.8 Å². The number of aryl methyl sites for hydroxylation is 1. The summed E-state index contributed by atoms with van der Waals surface area (Å²) in [6.07, 6.45) is 5.54. The molecule has 3 nitrogen and oxygen atoms in total. The van der Waals surface area contributed by atoms with Gasteiger partial charge in [0.05, 0.1) is 12.2 Å². The molecule has 0 aromatic carbocycles. The van der Waals surface area contributed by atoms with E-state index in [1.165, 1.54) is 19.3 Å². The highest BCUT2D eigenvalue weighted by Gasteiger charge is 2.33. The summed E-state index contributed by atoms with van der Waals surface area (Å²) in [6, 6.07) is 0.513. The Balaban J connectivity index is 2.22. The first kappa shape index (κ1) is 9.56. The number of nitrogens with zero attached hydrogens (tertiary/aromatic N) is 2. The molecule has 1 saturated carbocycles. The molecule has 14 heavy (non-hydrogen) atoms. The molecule has 1 aliphatic rings. The minimum Gasteiger partial charge on any atom is -0.384 e. The van der Waals surface area contributed by atoms with Crippen molar-refractivity contribution in [2.75, 3.05) is 5.73 Å². The molecule has 1 fully saturated rings. The third-order valence-corrected chi connectivity index (χ3v) is 3.32. The van der Waals surface area contributed by atoms with Gasteiger partial charge in [0, 0.05) is 5.56 Å². The Bertz CT molecular complexity index is 338. The number of rotatable bonds is 1. The summed E-state index contributed by atoms with van der Waals surface area (Å²) in [5.41, 5.74) is 7.52. The van der Waals surface area contributed by atoms with Crippen LogP contribution in [-0.4, -0.2) is 9.78 Å².